The van der Waals surface area contributed by atoms with Crippen LogP contribution < -0.4 is 0 Å². The largest absolute Gasteiger partial charge is 0.416 e. The summed E-state index contributed by atoms with van der Waals surface area (Å²) in [4.78, 5) is 0. The van der Waals surface area contributed by atoms with Crippen molar-refractivity contribution >= 4 is 21.5 Å². The van der Waals surface area contributed by atoms with Crippen LogP contribution >= 0.6 is 0 Å². The lowest BCUT2D eigenvalue weighted by Crippen LogP contribution is -1.90. The van der Waals surface area contributed by atoms with Crippen LogP contribution in [0.15, 0.2) is 162 Å². The normalized spacial score (nSPS) is 11.3. The molecule has 8 rings (SSSR count). The van der Waals surface area contributed by atoms with E-state index in [1.165, 1.54) is 43.8 Å². The Morgan fingerprint density at radius 2 is 0.581 bits per heavy atom. The molecule has 1 heterocycles. The highest BCUT2D eigenvalue weighted by atomic mass is 16.4. The van der Waals surface area contributed by atoms with E-state index < -0.39 is 0 Å². The van der Waals surface area contributed by atoms with Crippen molar-refractivity contribution in [2.24, 2.45) is 0 Å². The first-order chi connectivity index (χ1) is 21.3. The third kappa shape index (κ3) is 4.48. The summed E-state index contributed by atoms with van der Waals surface area (Å²) in [7, 11) is 0. The van der Waals surface area contributed by atoms with Gasteiger partial charge in [0.2, 0.25) is 11.8 Å². The van der Waals surface area contributed by atoms with Crippen molar-refractivity contribution in [1.82, 2.24) is 10.2 Å². The molecule has 3 heteroatoms. The van der Waals surface area contributed by atoms with Crippen LogP contribution in [0.1, 0.15) is 0 Å². The second-order valence-corrected chi connectivity index (χ2v) is 10.6. The molecule has 0 atom stereocenters. The number of hydrogen-bond acceptors (Lipinski definition) is 3. The standard InChI is InChI=1S/C40H26N2O/c1-3-11-27(12-4-1)28-19-23-31(24-20-28)39-41-42-40(43-39)32-25-21-30(22-26-32)38-35-17-9-7-15-33(35)37(29-13-5-2-6-14-29)34-16-8-10-18-36(34)38/h1-26H. The SMILES string of the molecule is c1ccc(-c2ccc(-c3nnc(-c4ccc(-c5c6ccccc6c(-c6ccccc6)c6ccccc56)cc4)o3)cc2)cc1. The fourth-order valence-electron chi connectivity index (χ4n) is 6.03. The number of rotatable bonds is 5. The minimum Gasteiger partial charge on any atom is -0.416 e. The third-order valence-electron chi connectivity index (χ3n) is 8.08. The van der Waals surface area contributed by atoms with Gasteiger partial charge in [-0.2, -0.15) is 0 Å². The predicted molar refractivity (Wildman–Crippen MR) is 176 cm³/mol. The molecule has 0 unspecified atom stereocenters. The van der Waals surface area contributed by atoms with Gasteiger partial charge in [0.05, 0.1) is 0 Å². The van der Waals surface area contributed by atoms with Gasteiger partial charge in [-0.15, -0.1) is 10.2 Å². The first kappa shape index (κ1) is 25.0. The molecule has 202 valence electrons. The van der Waals surface area contributed by atoms with Gasteiger partial charge in [0.25, 0.3) is 0 Å². The van der Waals surface area contributed by atoms with E-state index in [0.29, 0.717) is 11.8 Å². The summed E-state index contributed by atoms with van der Waals surface area (Å²) in [6.45, 7) is 0. The molecule has 0 bridgehead atoms. The Bertz CT molecular complexity index is 2140. The Labute approximate surface area is 249 Å². The zero-order valence-electron chi connectivity index (χ0n) is 23.3. The average molecular weight is 551 g/mol. The maximum absolute atomic E-state index is 6.13. The lowest BCUT2D eigenvalue weighted by atomic mass is 9.86. The number of benzene rings is 7. The van der Waals surface area contributed by atoms with Crippen LogP contribution in [0, 0.1) is 0 Å². The maximum Gasteiger partial charge on any atom is 0.248 e. The van der Waals surface area contributed by atoms with E-state index in [-0.39, 0.29) is 0 Å². The number of nitrogens with zero attached hydrogens (tertiary/aromatic N) is 2. The highest BCUT2D eigenvalue weighted by Gasteiger charge is 2.17. The van der Waals surface area contributed by atoms with Gasteiger partial charge in [-0.3, -0.25) is 0 Å². The van der Waals surface area contributed by atoms with Crippen molar-refractivity contribution in [2.75, 3.05) is 0 Å². The van der Waals surface area contributed by atoms with Crippen molar-refractivity contribution < 1.29 is 4.42 Å². The van der Waals surface area contributed by atoms with E-state index in [1.807, 2.05) is 30.3 Å². The van der Waals surface area contributed by atoms with Gasteiger partial charge in [-0.1, -0.05) is 133 Å². The predicted octanol–water partition coefficient (Wildman–Crippen LogP) is 10.7. The van der Waals surface area contributed by atoms with Crippen LogP contribution in [-0.2, 0) is 0 Å². The summed E-state index contributed by atoms with van der Waals surface area (Å²) in [6.07, 6.45) is 0. The minimum absolute atomic E-state index is 0.503. The van der Waals surface area contributed by atoms with Gasteiger partial charge in [-0.25, -0.2) is 0 Å². The van der Waals surface area contributed by atoms with Crippen LogP contribution in [0.25, 0.3) is 77.8 Å². The summed E-state index contributed by atoms with van der Waals surface area (Å²) >= 11 is 0. The highest BCUT2D eigenvalue weighted by molar-refractivity contribution is 6.21. The molecule has 43 heavy (non-hydrogen) atoms. The fourth-order valence-corrected chi connectivity index (χ4v) is 6.03. The molecule has 3 nitrogen and oxygen atoms in total. The summed E-state index contributed by atoms with van der Waals surface area (Å²) in [5.41, 5.74) is 8.96. The van der Waals surface area contributed by atoms with Crippen LogP contribution in [0.4, 0.5) is 0 Å². The molecule has 0 radical (unpaired) electrons. The Morgan fingerprint density at radius 3 is 1.02 bits per heavy atom. The number of aromatic nitrogens is 2. The first-order valence-electron chi connectivity index (χ1n) is 14.4. The lowest BCUT2D eigenvalue weighted by Gasteiger charge is -2.17. The van der Waals surface area contributed by atoms with Crippen molar-refractivity contribution in [3.63, 3.8) is 0 Å². The van der Waals surface area contributed by atoms with E-state index >= 15 is 0 Å². The van der Waals surface area contributed by atoms with Gasteiger partial charge < -0.3 is 4.42 Å². The summed E-state index contributed by atoms with van der Waals surface area (Å²) in [6, 6.07) is 55.1. The molecular formula is C40H26N2O. The van der Waals surface area contributed by atoms with Gasteiger partial charge >= 0.3 is 0 Å². The smallest absolute Gasteiger partial charge is 0.248 e. The summed E-state index contributed by atoms with van der Waals surface area (Å²) in [5, 5.41) is 13.7. The van der Waals surface area contributed by atoms with Crippen molar-refractivity contribution in [1.29, 1.82) is 0 Å². The van der Waals surface area contributed by atoms with Gasteiger partial charge in [-0.05, 0) is 79.2 Å². The molecule has 0 fully saturated rings. The molecule has 8 aromatic rings. The molecule has 0 amide bonds. The second kappa shape index (κ2) is 10.6. The third-order valence-corrected chi connectivity index (χ3v) is 8.08. The Kier molecular flexibility index (Phi) is 6.12. The molecule has 0 saturated carbocycles. The highest BCUT2D eigenvalue weighted by Crippen LogP contribution is 2.43. The fraction of sp³-hybridized carbons (Fsp3) is 0. The van der Waals surface area contributed by atoms with Gasteiger partial charge in [0.15, 0.2) is 0 Å². The quantitative estimate of drug-likeness (QED) is 0.200. The second-order valence-electron chi connectivity index (χ2n) is 10.6. The lowest BCUT2D eigenvalue weighted by molar-refractivity contribution is 0.584. The Hall–Kier alpha value is -5.80. The van der Waals surface area contributed by atoms with Crippen molar-refractivity contribution in [3.8, 4) is 56.3 Å². The maximum atomic E-state index is 6.13. The summed E-state index contributed by atoms with van der Waals surface area (Å²) < 4.78 is 6.13. The summed E-state index contributed by atoms with van der Waals surface area (Å²) in [5.74, 6) is 1.01. The van der Waals surface area contributed by atoms with Crippen molar-refractivity contribution in [2.45, 2.75) is 0 Å². The minimum atomic E-state index is 0.503. The molecule has 7 aromatic carbocycles. The van der Waals surface area contributed by atoms with Crippen LogP contribution in [0.3, 0.4) is 0 Å². The van der Waals surface area contributed by atoms with E-state index in [2.05, 4.69) is 138 Å². The van der Waals surface area contributed by atoms with E-state index in [9.17, 15) is 0 Å². The Morgan fingerprint density at radius 1 is 0.279 bits per heavy atom. The molecule has 0 spiro atoms. The molecule has 0 N–H and O–H groups in total. The number of fused-ring (bicyclic) bond motifs is 2. The average Bonchev–Trinajstić information content (AvgIpc) is 3.59. The molecule has 0 saturated heterocycles. The zero-order valence-corrected chi connectivity index (χ0v) is 23.3. The van der Waals surface area contributed by atoms with E-state index in [0.717, 1.165) is 22.3 Å². The zero-order chi connectivity index (χ0) is 28.6. The van der Waals surface area contributed by atoms with Gasteiger partial charge in [0, 0.05) is 11.1 Å². The molecule has 0 aliphatic heterocycles. The van der Waals surface area contributed by atoms with Crippen LogP contribution in [0.5, 0.6) is 0 Å². The topological polar surface area (TPSA) is 38.9 Å². The molecule has 0 aliphatic rings. The van der Waals surface area contributed by atoms with Gasteiger partial charge in [0.1, 0.15) is 0 Å². The van der Waals surface area contributed by atoms with E-state index in [1.54, 1.807) is 0 Å². The molecule has 1 aromatic heterocycles. The van der Waals surface area contributed by atoms with E-state index in [4.69, 9.17) is 4.42 Å². The van der Waals surface area contributed by atoms with Crippen LogP contribution in [-0.4, -0.2) is 10.2 Å². The molecular weight excluding hydrogens is 524 g/mol. The van der Waals surface area contributed by atoms with Crippen molar-refractivity contribution in [3.05, 3.63) is 158 Å². The first-order valence-corrected chi connectivity index (χ1v) is 14.4. The Balaban J connectivity index is 1.17. The monoisotopic (exact) mass is 550 g/mol. The number of hydrogen-bond donors (Lipinski definition) is 0. The van der Waals surface area contributed by atoms with Crippen LogP contribution in [0.2, 0.25) is 0 Å². The molecule has 0 aliphatic carbocycles.